The Morgan fingerprint density at radius 2 is 1.87 bits per heavy atom. The van der Waals surface area contributed by atoms with Crippen LogP contribution in [0, 0.1) is 0 Å². The van der Waals surface area contributed by atoms with E-state index in [1.54, 1.807) is 56.5 Å². The molecule has 2 aromatic rings. The highest BCUT2D eigenvalue weighted by Gasteiger charge is 2.24. The third-order valence-corrected chi connectivity index (χ3v) is 5.47. The van der Waals surface area contributed by atoms with Gasteiger partial charge in [0, 0.05) is 23.0 Å². The molecule has 0 atom stereocenters. The van der Waals surface area contributed by atoms with Gasteiger partial charge >= 0.3 is 0 Å². The minimum absolute atomic E-state index is 0.149. The van der Waals surface area contributed by atoms with E-state index in [0.29, 0.717) is 11.1 Å². The van der Waals surface area contributed by atoms with E-state index >= 15 is 0 Å². The van der Waals surface area contributed by atoms with Gasteiger partial charge in [-0.05, 0) is 43.8 Å². The molecule has 2 rings (SSSR count). The molecule has 0 fully saturated rings. The number of thiophene rings is 1. The van der Waals surface area contributed by atoms with Crippen LogP contribution >= 0.6 is 11.3 Å². The fourth-order valence-electron chi connectivity index (χ4n) is 2.04. The molecule has 0 unspecified atom stereocenters. The van der Waals surface area contributed by atoms with Gasteiger partial charge in [0.25, 0.3) is 5.91 Å². The third-order valence-electron chi connectivity index (χ3n) is 2.93. The first kappa shape index (κ1) is 17.7. The highest BCUT2D eigenvalue weighted by molar-refractivity contribution is 7.89. The first-order chi connectivity index (χ1) is 10.7. The topological polar surface area (TPSA) is 75.3 Å². The van der Waals surface area contributed by atoms with Crippen molar-refractivity contribution in [2.75, 3.05) is 0 Å². The zero-order valence-corrected chi connectivity index (χ0v) is 14.9. The maximum absolute atomic E-state index is 12.5. The van der Waals surface area contributed by atoms with Crippen LogP contribution in [0.5, 0.6) is 0 Å². The van der Waals surface area contributed by atoms with Crippen molar-refractivity contribution in [2.24, 2.45) is 0 Å². The minimum atomic E-state index is -3.65. The van der Waals surface area contributed by atoms with Crippen molar-refractivity contribution in [3.63, 3.8) is 0 Å². The van der Waals surface area contributed by atoms with Crippen molar-refractivity contribution < 1.29 is 13.2 Å². The number of benzene rings is 1. The van der Waals surface area contributed by atoms with Crippen molar-refractivity contribution >= 4 is 27.3 Å². The fourth-order valence-corrected chi connectivity index (χ4v) is 4.34. The van der Waals surface area contributed by atoms with Gasteiger partial charge in [0.15, 0.2) is 0 Å². The third kappa shape index (κ3) is 4.89. The molecule has 0 aliphatic rings. The highest BCUT2D eigenvalue weighted by Crippen LogP contribution is 2.18. The predicted molar refractivity (Wildman–Crippen MR) is 92.0 cm³/mol. The summed E-state index contributed by atoms with van der Waals surface area (Å²) < 4.78 is 27.7. The molecular weight excluding hydrogens is 332 g/mol. The average Bonchev–Trinajstić information content (AvgIpc) is 2.96. The quantitative estimate of drug-likeness (QED) is 0.869. The number of carbonyl (C=O) groups is 1. The molecule has 0 saturated heterocycles. The largest absolute Gasteiger partial charge is 0.348 e. The van der Waals surface area contributed by atoms with E-state index in [2.05, 4.69) is 10.0 Å². The molecular formula is C16H20N2O3S2. The summed E-state index contributed by atoms with van der Waals surface area (Å²) in [4.78, 5) is 12.2. The molecule has 0 saturated carbocycles. The number of carbonyl (C=O) groups excluding carboxylic acids is 1. The van der Waals surface area contributed by atoms with Crippen LogP contribution in [0.15, 0.2) is 46.0 Å². The average molecular weight is 352 g/mol. The van der Waals surface area contributed by atoms with Crippen LogP contribution in [0.1, 0.15) is 36.7 Å². The summed E-state index contributed by atoms with van der Waals surface area (Å²) in [5.41, 5.74) is 0.544. The Labute approximate surface area is 140 Å². The monoisotopic (exact) mass is 352 g/mol. The van der Waals surface area contributed by atoms with Gasteiger partial charge in [-0.2, -0.15) is 11.3 Å². The standard InChI is InChI=1S/C16H20N2O3S2/c1-16(2,3)18-23(20,21)14-7-5-4-6-12(14)10-17-15(19)13-8-9-22-11-13/h4-9,11,18H,10H2,1-3H3,(H,17,19). The zero-order chi connectivity index (χ0) is 17.1. The number of hydrogen-bond acceptors (Lipinski definition) is 4. The van der Waals surface area contributed by atoms with Crippen molar-refractivity contribution in [1.29, 1.82) is 0 Å². The SMILES string of the molecule is CC(C)(C)NS(=O)(=O)c1ccccc1CNC(=O)c1ccsc1. The molecule has 2 N–H and O–H groups in total. The van der Waals surface area contributed by atoms with Crippen LogP contribution in [-0.2, 0) is 16.6 Å². The Balaban J connectivity index is 2.19. The maximum Gasteiger partial charge on any atom is 0.252 e. The minimum Gasteiger partial charge on any atom is -0.348 e. The van der Waals surface area contributed by atoms with Crippen molar-refractivity contribution in [3.05, 3.63) is 52.2 Å². The summed E-state index contributed by atoms with van der Waals surface area (Å²) in [5.74, 6) is -0.220. The lowest BCUT2D eigenvalue weighted by atomic mass is 10.1. The smallest absolute Gasteiger partial charge is 0.252 e. The molecule has 1 amide bonds. The normalized spacial score (nSPS) is 12.1. The summed E-state index contributed by atoms with van der Waals surface area (Å²) >= 11 is 1.44. The number of sulfonamides is 1. The van der Waals surface area contributed by atoms with Gasteiger partial charge in [-0.3, -0.25) is 4.79 Å². The van der Waals surface area contributed by atoms with Gasteiger partial charge in [0.1, 0.15) is 0 Å². The number of rotatable bonds is 5. The van der Waals surface area contributed by atoms with E-state index in [9.17, 15) is 13.2 Å². The Kier molecular flexibility index (Phi) is 5.23. The van der Waals surface area contributed by atoms with E-state index < -0.39 is 15.6 Å². The molecule has 0 aliphatic heterocycles. The highest BCUT2D eigenvalue weighted by atomic mass is 32.2. The van der Waals surface area contributed by atoms with Gasteiger partial charge in [-0.1, -0.05) is 18.2 Å². The first-order valence-corrected chi connectivity index (χ1v) is 9.54. The summed E-state index contributed by atoms with van der Waals surface area (Å²) in [6.07, 6.45) is 0. The number of hydrogen-bond donors (Lipinski definition) is 2. The molecule has 5 nitrogen and oxygen atoms in total. The first-order valence-electron chi connectivity index (χ1n) is 7.11. The zero-order valence-electron chi connectivity index (χ0n) is 13.3. The molecule has 0 bridgehead atoms. The van der Waals surface area contributed by atoms with Crippen LogP contribution < -0.4 is 10.0 Å². The molecule has 1 aromatic heterocycles. The summed E-state index contributed by atoms with van der Waals surface area (Å²) in [6.45, 7) is 5.50. The lowest BCUT2D eigenvalue weighted by Gasteiger charge is -2.21. The molecule has 0 spiro atoms. The summed E-state index contributed by atoms with van der Waals surface area (Å²) in [5, 5.41) is 6.32. The van der Waals surface area contributed by atoms with E-state index in [0.717, 1.165) is 0 Å². The van der Waals surface area contributed by atoms with Gasteiger partial charge in [-0.25, -0.2) is 13.1 Å². The number of nitrogens with one attached hydrogen (secondary N) is 2. The van der Waals surface area contributed by atoms with Crippen molar-refractivity contribution in [3.8, 4) is 0 Å². The van der Waals surface area contributed by atoms with E-state index in [4.69, 9.17) is 0 Å². The molecule has 1 heterocycles. The van der Waals surface area contributed by atoms with E-state index in [-0.39, 0.29) is 17.3 Å². The fraction of sp³-hybridized carbons (Fsp3) is 0.312. The van der Waals surface area contributed by atoms with Crippen LogP contribution in [0.2, 0.25) is 0 Å². The molecule has 124 valence electrons. The van der Waals surface area contributed by atoms with Crippen LogP contribution in [0.25, 0.3) is 0 Å². The van der Waals surface area contributed by atoms with E-state index in [1.165, 1.54) is 11.3 Å². The number of amides is 1. The Bertz CT molecular complexity index is 776. The van der Waals surface area contributed by atoms with Crippen LogP contribution in [0.3, 0.4) is 0 Å². The Morgan fingerprint density at radius 1 is 1.17 bits per heavy atom. The molecule has 7 heteroatoms. The second-order valence-electron chi connectivity index (χ2n) is 6.16. The molecule has 0 aliphatic carbocycles. The lowest BCUT2D eigenvalue weighted by molar-refractivity contribution is 0.0951. The Morgan fingerprint density at radius 3 is 2.48 bits per heavy atom. The van der Waals surface area contributed by atoms with Crippen molar-refractivity contribution in [2.45, 2.75) is 37.8 Å². The van der Waals surface area contributed by atoms with Gasteiger partial charge in [-0.15, -0.1) is 0 Å². The Hall–Kier alpha value is -1.70. The second kappa shape index (κ2) is 6.82. The van der Waals surface area contributed by atoms with Gasteiger partial charge < -0.3 is 5.32 Å². The van der Waals surface area contributed by atoms with Crippen molar-refractivity contribution in [1.82, 2.24) is 10.0 Å². The van der Waals surface area contributed by atoms with Gasteiger partial charge in [0.2, 0.25) is 10.0 Å². The predicted octanol–water partition coefficient (Wildman–Crippen LogP) is 2.75. The lowest BCUT2D eigenvalue weighted by Crippen LogP contribution is -2.41. The second-order valence-corrected chi connectivity index (χ2v) is 8.59. The molecule has 23 heavy (non-hydrogen) atoms. The summed E-state index contributed by atoms with van der Waals surface area (Å²) in [6, 6.07) is 8.39. The maximum atomic E-state index is 12.5. The molecule has 0 radical (unpaired) electrons. The van der Waals surface area contributed by atoms with Gasteiger partial charge in [0.05, 0.1) is 4.90 Å². The van der Waals surface area contributed by atoms with E-state index in [1.807, 2.05) is 5.38 Å². The van der Waals surface area contributed by atoms with Crippen LogP contribution in [-0.4, -0.2) is 19.9 Å². The van der Waals surface area contributed by atoms with Crippen LogP contribution in [0.4, 0.5) is 0 Å². The molecule has 1 aromatic carbocycles. The summed E-state index contributed by atoms with van der Waals surface area (Å²) in [7, 11) is -3.65.